The molecule has 1 aromatic rings. The Balaban J connectivity index is 2.70. The molecule has 110 valence electrons. The number of carbonyl (C=O) groups excluding carboxylic acids is 2. The van der Waals surface area contributed by atoms with E-state index in [0.717, 1.165) is 6.42 Å². The number of anilines is 1. The lowest BCUT2D eigenvalue weighted by Gasteiger charge is -2.12. The Morgan fingerprint density at radius 2 is 2.05 bits per heavy atom. The summed E-state index contributed by atoms with van der Waals surface area (Å²) in [4.78, 5) is 23.4. The maximum Gasteiger partial charge on any atom is 0.344 e. The molecule has 0 unspecified atom stereocenters. The van der Waals surface area contributed by atoms with Crippen LogP contribution < -0.4 is 15.8 Å². The van der Waals surface area contributed by atoms with Gasteiger partial charge in [-0.3, -0.25) is 4.79 Å². The first-order valence-corrected chi connectivity index (χ1v) is 6.55. The Bertz CT molecular complexity index is 474. The lowest BCUT2D eigenvalue weighted by atomic mass is 10.1. The van der Waals surface area contributed by atoms with Gasteiger partial charge < -0.3 is 20.5 Å². The van der Waals surface area contributed by atoms with Crippen molar-refractivity contribution in [2.75, 3.05) is 25.5 Å². The predicted molar refractivity (Wildman–Crippen MR) is 75.6 cm³/mol. The van der Waals surface area contributed by atoms with Crippen molar-refractivity contribution in [3.8, 4) is 5.75 Å². The first-order chi connectivity index (χ1) is 9.60. The molecule has 0 aliphatic carbocycles. The number of amides is 1. The number of nitrogens with two attached hydrogens (primary N) is 1. The molecule has 0 aromatic heterocycles. The number of carbonyl (C=O) groups is 2. The second kappa shape index (κ2) is 8.04. The highest BCUT2D eigenvalue weighted by atomic mass is 16.5. The molecule has 1 amide bonds. The highest BCUT2D eigenvalue weighted by molar-refractivity contribution is 5.99. The zero-order chi connectivity index (χ0) is 15.0. The Hall–Kier alpha value is -2.24. The lowest BCUT2D eigenvalue weighted by molar-refractivity contribution is -0.124. The number of nitrogen functional groups attached to an aromatic ring is 1. The topological polar surface area (TPSA) is 90.7 Å². The second-order valence-electron chi connectivity index (χ2n) is 4.08. The summed E-state index contributed by atoms with van der Waals surface area (Å²) in [6, 6.07) is 4.90. The highest BCUT2D eigenvalue weighted by Crippen LogP contribution is 2.25. The SMILES string of the molecule is CCCNC(=O)COC(=O)c1c(N)cccc1OCC. The zero-order valence-electron chi connectivity index (χ0n) is 11.8. The minimum Gasteiger partial charge on any atom is -0.493 e. The molecule has 0 radical (unpaired) electrons. The number of hydrogen-bond acceptors (Lipinski definition) is 5. The van der Waals surface area contributed by atoms with E-state index in [1.807, 2.05) is 6.92 Å². The first kappa shape index (κ1) is 15.8. The molecule has 1 aromatic carbocycles. The van der Waals surface area contributed by atoms with Crippen LogP contribution in [0, 0.1) is 0 Å². The molecule has 0 atom stereocenters. The van der Waals surface area contributed by atoms with Crippen LogP contribution in [-0.2, 0) is 9.53 Å². The number of esters is 1. The van der Waals surface area contributed by atoms with E-state index in [9.17, 15) is 9.59 Å². The third kappa shape index (κ3) is 4.46. The van der Waals surface area contributed by atoms with Crippen LogP contribution in [0.4, 0.5) is 5.69 Å². The summed E-state index contributed by atoms with van der Waals surface area (Å²) in [6.07, 6.45) is 0.819. The van der Waals surface area contributed by atoms with Gasteiger partial charge in [-0.05, 0) is 25.5 Å². The van der Waals surface area contributed by atoms with Crippen LogP contribution in [0.2, 0.25) is 0 Å². The average Bonchev–Trinajstić information content (AvgIpc) is 2.43. The zero-order valence-corrected chi connectivity index (χ0v) is 11.8. The van der Waals surface area contributed by atoms with Crippen molar-refractivity contribution >= 4 is 17.6 Å². The summed E-state index contributed by atoms with van der Waals surface area (Å²) in [7, 11) is 0. The van der Waals surface area contributed by atoms with Crippen LogP contribution >= 0.6 is 0 Å². The Kier molecular flexibility index (Phi) is 6.36. The predicted octanol–water partition coefficient (Wildman–Crippen LogP) is 1.35. The van der Waals surface area contributed by atoms with Crippen molar-refractivity contribution in [1.82, 2.24) is 5.32 Å². The molecule has 0 aliphatic rings. The third-order valence-corrected chi connectivity index (χ3v) is 2.47. The van der Waals surface area contributed by atoms with Crippen molar-refractivity contribution in [3.05, 3.63) is 23.8 Å². The molecular formula is C14H20N2O4. The number of benzene rings is 1. The van der Waals surface area contributed by atoms with Gasteiger partial charge in [0.25, 0.3) is 5.91 Å². The molecule has 3 N–H and O–H groups in total. The molecular weight excluding hydrogens is 260 g/mol. The van der Waals surface area contributed by atoms with Crippen molar-refractivity contribution < 1.29 is 19.1 Å². The molecule has 0 saturated heterocycles. The minimum absolute atomic E-state index is 0.151. The maximum atomic E-state index is 12.0. The number of nitrogens with one attached hydrogen (secondary N) is 1. The monoisotopic (exact) mass is 280 g/mol. The fraction of sp³-hybridized carbons (Fsp3) is 0.429. The number of rotatable bonds is 7. The van der Waals surface area contributed by atoms with Gasteiger partial charge in [0, 0.05) is 12.2 Å². The molecule has 6 heteroatoms. The molecule has 0 spiro atoms. The standard InChI is InChI=1S/C14H20N2O4/c1-3-8-16-12(17)9-20-14(18)13-10(15)6-5-7-11(13)19-4-2/h5-7H,3-4,8-9,15H2,1-2H3,(H,16,17). The number of hydrogen-bond donors (Lipinski definition) is 2. The first-order valence-electron chi connectivity index (χ1n) is 6.55. The fourth-order valence-electron chi connectivity index (χ4n) is 1.56. The van der Waals surface area contributed by atoms with Crippen LogP contribution in [0.1, 0.15) is 30.6 Å². The van der Waals surface area contributed by atoms with E-state index in [4.69, 9.17) is 15.2 Å². The third-order valence-electron chi connectivity index (χ3n) is 2.47. The maximum absolute atomic E-state index is 12.0. The summed E-state index contributed by atoms with van der Waals surface area (Å²) in [5, 5.41) is 2.61. The molecule has 1 rings (SSSR count). The summed E-state index contributed by atoms with van der Waals surface area (Å²) in [5.74, 6) is -0.655. The summed E-state index contributed by atoms with van der Waals surface area (Å²) >= 11 is 0. The number of ether oxygens (including phenoxy) is 2. The summed E-state index contributed by atoms with van der Waals surface area (Å²) in [6.45, 7) is 4.36. The van der Waals surface area contributed by atoms with Gasteiger partial charge in [0.2, 0.25) is 0 Å². The van der Waals surface area contributed by atoms with Crippen molar-refractivity contribution in [2.24, 2.45) is 0 Å². The average molecular weight is 280 g/mol. The van der Waals surface area contributed by atoms with Gasteiger partial charge in [-0.1, -0.05) is 13.0 Å². The van der Waals surface area contributed by atoms with Crippen LogP contribution in [0.15, 0.2) is 18.2 Å². The molecule has 0 saturated carbocycles. The smallest absolute Gasteiger partial charge is 0.344 e. The molecule has 6 nitrogen and oxygen atoms in total. The van der Waals surface area contributed by atoms with E-state index in [2.05, 4.69) is 5.32 Å². The quantitative estimate of drug-likeness (QED) is 0.581. The fourth-order valence-corrected chi connectivity index (χ4v) is 1.56. The Morgan fingerprint density at radius 1 is 1.30 bits per heavy atom. The van der Waals surface area contributed by atoms with Crippen molar-refractivity contribution in [1.29, 1.82) is 0 Å². The van der Waals surface area contributed by atoms with Gasteiger partial charge in [-0.2, -0.15) is 0 Å². The van der Waals surface area contributed by atoms with E-state index in [1.54, 1.807) is 25.1 Å². The van der Waals surface area contributed by atoms with Gasteiger partial charge in [0.05, 0.1) is 6.61 Å². The normalized spacial score (nSPS) is 9.90. The van der Waals surface area contributed by atoms with E-state index in [0.29, 0.717) is 18.9 Å². The van der Waals surface area contributed by atoms with E-state index in [-0.39, 0.29) is 23.8 Å². The summed E-state index contributed by atoms with van der Waals surface area (Å²) < 4.78 is 10.3. The van der Waals surface area contributed by atoms with Crippen molar-refractivity contribution in [2.45, 2.75) is 20.3 Å². The van der Waals surface area contributed by atoms with Gasteiger partial charge in [0.1, 0.15) is 11.3 Å². The van der Waals surface area contributed by atoms with E-state index < -0.39 is 5.97 Å². The Morgan fingerprint density at radius 3 is 2.70 bits per heavy atom. The lowest BCUT2D eigenvalue weighted by Crippen LogP contribution is -2.29. The van der Waals surface area contributed by atoms with Gasteiger partial charge in [0.15, 0.2) is 6.61 Å². The van der Waals surface area contributed by atoms with Crippen LogP contribution in [0.5, 0.6) is 5.75 Å². The molecule has 20 heavy (non-hydrogen) atoms. The summed E-state index contributed by atoms with van der Waals surface area (Å²) in [5.41, 5.74) is 6.17. The van der Waals surface area contributed by atoms with E-state index in [1.165, 1.54) is 0 Å². The minimum atomic E-state index is -0.668. The van der Waals surface area contributed by atoms with Crippen molar-refractivity contribution in [3.63, 3.8) is 0 Å². The highest BCUT2D eigenvalue weighted by Gasteiger charge is 2.18. The van der Waals surface area contributed by atoms with Crippen LogP contribution in [0.25, 0.3) is 0 Å². The largest absolute Gasteiger partial charge is 0.493 e. The Labute approximate surface area is 118 Å². The van der Waals surface area contributed by atoms with Gasteiger partial charge >= 0.3 is 5.97 Å². The molecule has 0 fully saturated rings. The molecule has 0 heterocycles. The van der Waals surface area contributed by atoms with E-state index >= 15 is 0 Å². The molecule has 0 aliphatic heterocycles. The van der Waals surface area contributed by atoms with Crippen LogP contribution in [-0.4, -0.2) is 31.6 Å². The molecule has 0 bridgehead atoms. The van der Waals surface area contributed by atoms with Crippen LogP contribution in [0.3, 0.4) is 0 Å². The van der Waals surface area contributed by atoms with Gasteiger partial charge in [-0.15, -0.1) is 0 Å². The van der Waals surface area contributed by atoms with Gasteiger partial charge in [-0.25, -0.2) is 4.79 Å². The second-order valence-corrected chi connectivity index (χ2v) is 4.08.